The summed E-state index contributed by atoms with van der Waals surface area (Å²) in [4.78, 5) is 31.0. The molecule has 3 rings (SSSR count). The number of anilines is 1. The maximum absolute atomic E-state index is 12.5. The van der Waals surface area contributed by atoms with Gasteiger partial charge in [0, 0.05) is 25.3 Å². The summed E-state index contributed by atoms with van der Waals surface area (Å²) >= 11 is 0. The number of aliphatic imine (C=N–C) groups is 1. The van der Waals surface area contributed by atoms with Crippen molar-refractivity contribution >= 4 is 23.5 Å². The lowest BCUT2D eigenvalue weighted by Gasteiger charge is -2.21. The van der Waals surface area contributed by atoms with Gasteiger partial charge in [-0.05, 0) is 30.7 Å². The van der Waals surface area contributed by atoms with E-state index in [9.17, 15) is 9.59 Å². The zero-order valence-corrected chi connectivity index (χ0v) is 15.1. The van der Waals surface area contributed by atoms with Gasteiger partial charge < -0.3 is 4.90 Å². The summed E-state index contributed by atoms with van der Waals surface area (Å²) in [5.74, 6) is -0.285. The molecule has 6 heteroatoms. The molecule has 0 saturated heterocycles. The molecule has 2 N–H and O–H groups in total. The fourth-order valence-corrected chi connectivity index (χ4v) is 2.74. The minimum Gasteiger partial charge on any atom is -0.378 e. The van der Waals surface area contributed by atoms with E-state index in [0.29, 0.717) is 5.56 Å². The van der Waals surface area contributed by atoms with Gasteiger partial charge in [-0.1, -0.05) is 35.9 Å². The van der Waals surface area contributed by atoms with Gasteiger partial charge in [-0.3, -0.25) is 20.2 Å². The van der Waals surface area contributed by atoms with Crippen molar-refractivity contribution in [3.63, 3.8) is 0 Å². The van der Waals surface area contributed by atoms with Gasteiger partial charge in [-0.15, -0.1) is 0 Å². The van der Waals surface area contributed by atoms with E-state index in [-0.39, 0.29) is 30.2 Å². The highest BCUT2D eigenvalue weighted by molar-refractivity contribution is 6.10. The minimum absolute atomic E-state index is 0.164. The maximum Gasteiger partial charge on any atom is 0.258 e. The van der Waals surface area contributed by atoms with Crippen LogP contribution in [0.2, 0.25) is 0 Å². The Labute approximate surface area is 152 Å². The van der Waals surface area contributed by atoms with Gasteiger partial charge in [0.2, 0.25) is 11.9 Å². The number of benzene rings is 2. The van der Waals surface area contributed by atoms with Crippen LogP contribution in [-0.2, 0) is 4.79 Å². The lowest BCUT2D eigenvalue weighted by molar-refractivity contribution is -0.120. The second-order valence-electron chi connectivity index (χ2n) is 6.56. The standard InChI is InChI=1S/C20H22N4O2/c1-13-7-9-14(10-8-13)17-12-18(25)22-20(21-17)23-19(26)15-5-4-6-16(11-15)24(2)3/h4-11,17H,12H2,1-3H3,(H2,21,22,23,25,26)/t17-/m0/s1. The molecule has 2 aromatic rings. The molecule has 1 heterocycles. The van der Waals surface area contributed by atoms with Crippen molar-refractivity contribution in [2.45, 2.75) is 19.4 Å². The van der Waals surface area contributed by atoms with Crippen molar-refractivity contribution in [3.05, 3.63) is 65.2 Å². The Hall–Kier alpha value is -3.15. The van der Waals surface area contributed by atoms with Crippen LogP contribution in [0.15, 0.2) is 53.5 Å². The Morgan fingerprint density at radius 2 is 1.92 bits per heavy atom. The summed E-state index contributed by atoms with van der Waals surface area (Å²) in [6.45, 7) is 2.01. The van der Waals surface area contributed by atoms with Crippen LogP contribution in [0.3, 0.4) is 0 Å². The third kappa shape index (κ3) is 4.08. The first kappa shape index (κ1) is 17.7. The van der Waals surface area contributed by atoms with E-state index >= 15 is 0 Å². The maximum atomic E-state index is 12.5. The Balaban J connectivity index is 1.79. The van der Waals surface area contributed by atoms with E-state index in [2.05, 4.69) is 15.6 Å². The molecule has 0 saturated carbocycles. The molecule has 0 unspecified atom stereocenters. The highest BCUT2D eigenvalue weighted by Gasteiger charge is 2.23. The number of guanidine groups is 1. The topological polar surface area (TPSA) is 73.8 Å². The fourth-order valence-electron chi connectivity index (χ4n) is 2.74. The van der Waals surface area contributed by atoms with Crippen molar-refractivity contribution in [2.24, 2.45) is 4.99 Å². The van der Waals surface area contributed by atoms with Crippen LogP contribution in [0.1, 0.15) is 33.9 Å². The molecule has 0 spiro atoms. The number of aryl methyl sites for hydroxylation is 1. The summed E-state index contributed by atoms with van der Waals surface area (Å²) in [5, 5.41) is 5.34. The molecule has 2 amide bonds. The molecule has 1 aliphatic rings. The Morgan fingerprint density at radius 1 is 1.19 bits per heavy atom. The monoisotopic (exact) mass is 350 g/mol. The first-order valence-electron chi connectivity index (χ1n) is 8.45. The number of carbonyl (C=O) groups is 2. The molecule has 0 aromatic heterocycles. The zero-order valence-electron chi connectivity index (χ0n) is 15.1. The molecule has 0 aliphatic carbocycles. The predicted molar refractivity (Wildman–Crippen MR) is 102 cm³/mol. The van der Waals surface area contributed by atoms with E-state index in [4.69, 9.17) is 0 Å². The average molecular weight is 350 g/mol. The summed E-state index contributed by atoms with van der Waals surface area (Å²) in [7, 11) is 3.82. The Bertz CT molecular complexity index is 856. The number of hydrogen-bond donors (Lipinski definition) is 2. The van der Waals surface area contributed by atoms with Gasteiger partial charge in [-0.2, -0.15) is 0 Å². The Morgan fingerprint density at radius 3 is 2.62 bits per heavy atom. The van der Waals surface area contributed by atoms with E-state index in [0.717, 1.165) is 16.8 Å². The first-order valence-corrected chi connectivity index (χ1v) is 8.45. The number of nitrogens with zero attached hydrogens (tertiary/aromatic N) is 2. The van der Waals surface area contributed by atoms with E-state index in [1.165, 1.54) is 0 Å². The van der Waals surface area contributed by atoms with Crippen molar-refractivity contribution in [3.8, 4) is 0 Å². The normalized spacial score (nSPS) is 16.5. The minimum atomic E-state index is -0.308. The van der Waals surface area contributed by atoms with Crippen LogP contribution in [0.5, 0.6) is 0 Å². The molecule has 134 valence electrons. The molecule has 1 atom stereocenters. The molecule has 0 bridgehead atoms. The first-order chi connectivity index (χ1) is 12.4. The van der Waals surface area contributed by atoms with Crippen molar-refractivity contribution < 1.29 is 9.59 Å². The highest BCUT2D eigenvalue weighted by Crippen LogP contribution is 2.23. The highest BCUT2D eigenvalue weighted by atomic mass is 16.2. The zero-order chi connectivity index (χ0) is 18.7. The third-order valence-electron chi connectivity index (χ3n) is 4.24. The molecular formula is C20H22N4O2. The van der Waals surface area contributed by atoms with Gasteiger partial charge in [0.05, 0.1) is 12.5 Å². The molecule has 1 aliphatic heterocycles. The number of rotatable bonds is 3. The van der Waals surface area contributed by atoms with E-state index in [1.807, 2.05) is 62.3 Å². The van der Waals surface area contributed by atoms with E-state index in [1.54, 1.807) is 12.1 Å². The van der Waals surface area contributed by atoms with Crippen molar-refractivity contribution in [1.82, 2.24) is 10.6 Å². The fraction of sp³-hybridized carbons (Fsp3) is 0.250. The van der Waals surface area contributed by atoms with Crippen LogP contribution in [0, 0.1) is 6.92 Å². The molecular weight excluding hydrogens is 328 g/mol. The second-order valence-corrected chi connectivity index (χ2v) is 6.56. The summed E-state index contributed by atoms with van der Waals surface area (Å²) in [6, 6.07) is 14.9. The quantitative estimate of drug-likeness (QED) is 0.893. The average Bonchev–Trinajstić information content (AvgIpc) is 2.62. The largest absolute Gasteiger partial charge is 0.378 e. The van der Waals surface area contributed by atoms with Gasteiger partial charge in [0.15, 0.2) is 0 Å². The van der Waals surface area contributed by atoms with Crippen LogP contribution >= 0.6 is 0 Å². The smallest absolute Gasteiger partial charge is 0.258 e. The second kappa shape index (κ2) is 7.39. The summed E-state index contributed by atoms with van der Waals surface area (Å²) in [6.07, 6.45) is 0.262. The molecule has 26 heavy (non-hydrogen) atoms. The van der Waals surface area contributed by atoms with Crippen LogP contribution in [0.25, 0.3) is 0 Å². The molecule has 6 nitrogen and oxygen atoms in total. The summed E-state index contributed by atoms with van der Waals surface area (Å²) < 4.78 is 0. The van der Waals surface area contributed by atoms with Gasteiger partial charge in [-0.25, -0.2) is 4.99 Å². The molecule has 0 fully saturated rings. The predicted octanol–water partition coefficient (Wildman–Crippen LogP) is 2.41. The Kier molecular flexibility index (Phi) is 5.02. The SMILES string of the molecule is Cc1ccc([C@@H]2CC(=O)NC(NC(=O)c3cccc(N(C)C)c3)=N2)cc1. The lowest BCUT2D eigenvalue weighted by atomic mass is 10.0. The summed E-state index contributed by atoms with van der Waals surface area (Å²) in [5.41, 5.74) is 3.52. The van der Waals surface area contributed by atoms with Crippen LogP contribution in [-0.4, -0.2) is 31.9 Å². The van der Waals surface area contributed by atoms with E-state index < -0.39 is 0 Å². The van der Waals surface area contributed by atoms with Crippen molar-refractivity contribution in [2.75, 3.05) is 19.0 Å². The number of amides is 2. The van der Waals surface area contributed by atoms with Crippen LogP contribution < -0.4 is 15.5 Å². The molecule has 2 aromatic carbocycles. The lowest BCUT2D eigenvalue weighted by Crippen LogP contribution is -2.47. The third-order valence-corrected chi connectivity index (χ3v) is 4.24. The molecule has 0 radical (unpaired) electrons. The number of hydrogen-bond acceptors (Lipinski definition) is 4. The van der Waals surface area contributed by atoms with Crippen LogP contribution in [0.4, 0.5) is 5.69 Å². The number of carbonyl (C=O) groups excluding carboxylic acids is 2. The van der Waals surface area contributed by atoms with Gasteiger partial charge >= 0.3 is 0 Å². The van der Waals surface area contributed by atoms with Gasteiger partial charge in [0.25, 0.3) is 5.91 Å². The van der Waals surface area contributed by atoms with Gasteiger partial charge in [0.1, 0.15) is 0 Å². The van der Waals surface area contributed by atoms with Crippen molar-refractivity contribution in [1.29, 1.82) is 0 Å². The number of nitrogens with one attached hydrogen (secondary N) is 2.